The molecule has 2 unspecified atom stereocenters. The van der Waals surface area contributed by atoms with Crippen LogP contribution in [0.4, 0.5) is 0 Å². The quantitative estimate of drug-likeness (QED) is 0.0952. The van der Waals surface area contributed by atoms with Crippen molar-refractivity contribution in [3.63, 3.8) is 0 Å². The molecule has 0 aliphatic rings. The minimum absolute atomic E-state index is 0.553. The summed E-state index contributed by atoms with van der Waals surface area (Å²) in [5.41, 5.74) is 0.553. The Labute approximate surface area is 225 Å². The van der Waals surface area contributed by atoms with Crippen LogP contribution in [-0.2, 0) is 0 Å². The molecule has 35 heavy (non-hydrogen) atoms. The summed E-state index contributed by atoms with van der Waals surface area (Å²) >= 11 is 0. The van der Waals surface area contributed by atoms with Crippen LogP contribution >= 0.6 is 0 Å². The van der Waals surface area contributed by atoms with Crippen molar-refractivity contribution in [3.8, 4) is 0 Å². The maximum atomic E-state index is 2.50. The molecule has 0 heteroatoms. The molecule has 0 aromatic carbocycles. The average Bonchev–Trinajstić information content (AvgIpc) is 2.82. The zero-order valence-corrected chi connectivity index (χ0v) is 26.0. The molecule has 0 saturated carbocycles. The van der Waals surface area contributed by atoms with Crippen LogP contribution in [0.25, 0.3) is 0 Å². The van der Waals surface area contributed by atoms with E-state index in [1.807, 2.05) is 0 Å². The predicted octanol–water partition coefficient (Wildman–Crippen LogP) is 13.5. The fourth-order valence-electron chi connectivity index (χ4n) is 5.78. The van der Waals surface area contributed by atoms with Crippen molar-refractivity contribution in [3.05, 3.63) is 0 Å². The first kappa shape index (κ1) is 35.0. The van der Waals surface area contributed by atoms with E-state index in [-0.39, 0.29) is 0 Å². The lowest BCUT2D eigenvalue weighted by molar-refractivity contribution is 0.286. The Hall–Kier alpha value is 0. The third-order valence-electron chi connectivity index (χ3n) is 8.86. The van der Waals surface area contributed by atoms with E-state index in [1.165, 1.54) is 167 Å². The van der Waals surface area contributed by atoms with Crippen LogP contribution in [0, 0.1) is 17.3 Å². The molecule has 0 heterocycles. The highest BCUT2D eigenvalue weighted by atomic mass is 14.2. The zero-order valence-electron chi connectivity index (χ0n) is 26.0. The van der Waals surface area contributed by atoms with Crippen LogP contribution in [0.5, 0.6) is 0 Å². The van der Waals surface area contributed by atoms with Crippen molar-refractivity contribution >= 4 is 0 Å². The maximum absolute atomic E-state index is 2.50. The van der Waals surface area contributed by atoms with Crippen LogP contribution in [0.1, 0.15) is 208 Å². The zero-order chi connectivity index (χ0) is 26.0. The van der Waals surface area contributed by atoms with Crippen LogP contribution in [0.2, 0.25) is 0 Å². The van der Waals surface area contributed by atoms with Crippen molar-refractivity contribution in [2.24, 2.45) is 17.3 Å². The van der Waals surface area contributed by atoms with E-state index in [0.717, 1.165) is 11.8 Å². The second kappa shape index (κ2) is 25.6. The van der Waals surface area contributed by atoms with Gasteiger partial charge in [0, 0.05) is 0 Å². The van der Waals surface area contributed by atoms with Gasteiger partial charge in [-0.25, -0.2) is 0 Å². The lowest BCUT2D eigenvalue weighted by Crippen LogP contribution is -2.10. The summed E-state index contributed by atoms with van der Waals surface area (Å²) in [5, 5.41) is 0. The Morgan fingerprint density at radius 3 is 1.09 bits per heavy atom. The molecular weight excluding hydrogens is 420 g/mol. The van der Waals surface area contributed by atoms with E-state index in [0.29, 0.717) is 5.41 Å². The predicted molar refractivity (Wildman–Crippen MR) is 163 cm³/mol. The van der Waals surface area contributed by atoms with Crippen molar-refractivity contribution in [2.75, 3.05) is 0 Å². The lowest BCUT2D eigenvalue weighted by atomic mass is 9.82. The van der Waals surface area contributed by atoms with Gasteiger partial charge in [0.25, 0.3) is 0 Å². The van der Waals surface area contributed by atoms with Gasteiger partial charge in [0.05, 0.1) is 0 Å². The van der Waals surface area contributed by atoms with Crippen molar-refractivity contribution in [1.29, 1.82) is 0 Å². The summed E-state index contributed by atoms with van der Waals surface area (Å²) in [6.45, 7) is 14.5. The Balaban J connectivity index is 3.27. The molecule has 212 valence electrons. The van der Waals surface area contributed by atoms with E-state index < -0.39 is 0 Å². The number of rotatable bonds is 28. The van der Waals surface area contributed by atoms with Gasteiger partial charge < -0.3 is 0 Å². The molecular formula is C35H72. The third-order valence-corrected chi connectivity index (χ3v) is 8.86. The minimum atomic E-state index is 0.553. The topological polar surface area (TPSA) is 0 Å². The molecule has 0 spiro atoms. The van der Waals surface area contributed by atoms with Gasteiger partial charge in [0.1, 0.15) is 0 Å². The van der Waals surface area contributed by atoms with Gasteiger partial charge in [-0.05, 0) is 30.1 Å². The minimum Gasteiger partial charge on any atom is -0.0654 e. The van der Waals surface area contributed by atoms with Crippen LogP contribution < -0.4 is 0 Å². The molecule has 2 atom stereocenters. The second-order valence-corrected chi connectivity index (χ2v) is 13.4. The summed E-state index contributed by atoms with van der Waals surface area (Å²) in [6.07, 6.45) is 38.0. The highest BCUT2D eigenvalue weighted by Crippen LogP contribution is 2.29. The normalized spacial score (nSPS) is 13.9. The van der Waals surface area contributed by atoms with E-state index in [9.17, 15) is 0 Å². The molecule has 0 aliphatic heterocycles. The van der Waals surface area contributed by atoms with E-state index in [2.05, 4.69) is 41.5 Å². The SMILES string of the molecule is CCCCCCCCCCCCCCCCCCCCCCC(C)CC(C)CCCC(C)(C)CC. The number of hydrogen-bond acceptors (Lipinski definition) is 0. The first-order chi connectivity index (χ1) is 16.9. The smallest absolute Gasteiger partial charge is 0.0357 e. The molecule has 0 N–H and O–H groups in total. The highest BCUT2D eigenvalue weighted by Gasteiger charge is 2.15. The summed E-state index contributed by atoms with van der Waals surface area (Å²) in [4.78, 5) is 0. The molecule has 0 amide bonds. The van der Waals surface area contributed by atoms with Gasteiger partial charge >= 0.3 is 0 Å². The molecule has 0 bridgehead atoms. The van der Waals surface area contributed by atoms with Gasteiger partial charge in [0.2, 0.25) is 0 Å². The van der Waals surface area contributed by atoms with Crippen LogP contribution in [-0.4, -0.2) is 0 Å². The highest BCUT2D eigenvalue weighted by molar-refractivity contribution is 4.68. The molecule has 0 radical (unpaired) electrons. The Morgan fingerprint density at radius 2 is 0.743 bits per heavy atom. The number of unbranched alkanes of at least 4 members (excludes halogenated alkanes) is 19. The van der Waals surface area contributed by atoms with Crippen molar-refractivity contribution in [1.82, 2.24) is 0 Å². The van der Waals surface area contributed by atoms with Gasteiger partial charge in [-0.3, -0.25) is 0 Å². The molecule has 0 aromatic heterocycles. The third kappa shape index (κ3) is 26.9. The van der Waals surface area contributed by atoms with Crippen molar-refractivity contribution in [2.45, 2.75) is 208 Å². The summed E-state index contributed by atoms with van der Waals surface area (Å²) in [6, 6.07) is 0. The summed E-state index contributed by atoms with van der Waals surface area (Å²) in [5.74, 6) is 1.85. The fourth-order valence-corrected chi connectivity index (χ4v) is 5.78. The Morgan fingerprint density at radius 1 is 0.429 bits per heavy atom. The van der Waals surface area contributed by atoms with Crippen LogP contribution in [0.15, 0.2) is 0 Å². The second-order valence-electron chi connectivity index (χ2n) is 13.4. The molecule has 0 saturated heterocycles. The monoisotopic (exact) mass is 493 g/mol. The maximum Gasteiger partial charge on any atom is -0.0357 e. The summed E-state index contributed by atoms with van der Waals surface area (Å²) < 4.78 is 0. The standard InChI is InChI=1S/C35H72/c1-7-9-10-11-12-13-14-15-16-17-18-19-20-21-22-23-24-25-26-27-29-33(3)32-34(4)30-28-31-35(5,6)8-2/h33-34H,7-32H2,1-6H3. The van der Waals surface area contributed by atoms with Crippen molar-refractivity contribution < 1.29 is 0 Å². The van der Waals surface area contributed by atoms with E-state index >= 15 is 0 Å². The Bertz CT molecular complexity index is 395. The fraction of sp³-hybridized carbons (Fsp3) is 1.00. The first-order valence-electron chi connectivity index (χ1n) is 16.9. The Kier molecular flexibility index (Phi) is 25.6. The van der Waals surface area contributed by atoms with Gasteiger partial charge in [-0.15, -0.1) is 0 Å². The van der Waals surface area contributed by atoms with Gasteiger partial charge in [-0.2, -0.15) is 0 Å². The molecule has 0 nitrogen and oxygen atoms in total. The molecule has 0 fully saturated rings. The van der Waals surface area contributed by atoms with E-state index in [4.69, 9.17) is 0 Å². The van der Waals surface area contributed by atoms with Gasteiger partial charge in [-0.1, -0.05) is 196 Å². The largest absolute Gasteiger partial charge is 0.0654 e. The summed E-state index contributed by atoms with van der Waals surface area (Å²) in [7, 11) is 0. The molecule has 0 rings (SSSR count). The average molecular weight is 493 g/mol. The van der Waals surface area contributed by atoms with Crippen LogP contribution in [0.3, 0.4) is 0 Å². The first-order valence-corrected chi connectivity index (χ1v) is 16.9. The molecule has 0 aliphatic carbocycles. The molecule has 0 aromatic rings. The number of hydrogen-bond donors (Lipinski definition) is 0. The van der Waals surface area contributed by atoms with Gasteiger partial charge in [0.15, 0.2) is 0 Å². The lowest BCUT2D eigenvalue weighted by Gasteiger charge is -2.24. The van der Waals surface area contributed by atoms with E-state index in [1.54, 1.807) is 0 Å².